The van der Waals surface area contributed by atoms with Crippen LogP contribution in [-0.2, 0) is 0 Å². The van der Waals surface area contributed by atoms with Crippen molar-refractivity contribution in [2.24, 2.45) is 0 Å². The third-order valence-electron chi connectivity index (χ3n) is 0.894. The largest absolute Gasteiger partial charge is 0.355 e. The average Bonchev–Trinajstić information content (AvgIpc) is 1.62. The lowest BCUT2D eigenvalue weighted by Gasteiger charge is -2.15. The lowest BCUT2D eigenvalue weighted by atomic mass is 10.0. The van der Waals surface area contributed by atoms with E-state index in [1.165, 1.54) is 0 Å². The molecule has 54 valence electrons. The van der Waals surface area contributed by atoms with Gasteiger partial charge in [0.25, 0.3) is 0 Å². The van der Waals surface area contributed by atoms with Gasteiger partial charge in [-0.25, -0.2) is 0 Å². The zero-order valence-electron chi connectivity index (χ0n) is 4.54. The van der Waals surface area contributed by atoms with E-state index in [1.807, 2.05) is 0 Å². The highest BCUT2D eigenvalue weighted by atomic mass is 35.8. The highest BCUT2D eigenvalue weighted by molar-refractivity contribution is 7.68. The zero-order chi connectivity index (χ0) is 7.65. The topological polar surface area (TPSA) is 0 Å². The number of hydrogen-bond donors (Lipinski definition) is 0. The smallest absolute Gasteiger partial charge is 0.171 e. The fourth-order valence-corrected chi connectivity index (χ4v) is 3.86. The maximum absolute atomic E-state index is 5.58. The molecule has 0 aromatic heterocycles. The Labute approximate surface area is 79.8 Å². The summed E-state index contributed by atoms with van der Waals surface area (Å²) < 4.78 is 0. The molecule has 0 N–H and O–H groups in total. The van der Waals surface area contributed by atoms with Crippen molar-refractivity contribution in [3.05, 3.63) is 0 Å². The van der Waals surface area contributed by atoms with E-state index >= 15 is 0 Å². The van der Waals surface area contributed by atoms with E-state index < -0.39 is 11.5 Å². The van der Waals surface area contributed by atoms with Gasteiger partial charge in [-0.05, 0) is 0 Å². The molecule has 0 aromatic carbocycles. The van der Waals surface area contributed by atoms with Gasteiger partial charge in [-0.1, -0.05) is 6.92 Å². The van der Waals surface area contributed by atoms with Crippen LogP contribution >= 0.6 is 56.2 Å². The Kier molecular flexibility index (Phi) is 4.69. The minimum absolute atomic E-state index is 0.217. The van der Waals surface area contributed by atoms with Gasteiger partial charge < -0.3 is 0 Å². The summed E-state index contributed by atoms with van der Waals surface area (Å²) in [5.74, 6) is 0. The Morgan fingerprint density at radius 1 is 1.22 bits per heavy atom. The molecule has 0 aliphatic carbocycles. The first kappa shape index (κ1) is 10.7. The van der Waals surface area contributed by atoms with Crippen LogP contribution in [0, 0.1) is 0 Å². The van der Waals surface area contributed by atoms with Crippen LogP contribution in [0.15, 0.2) is 0 Å². The lowest BCUT2D eigenvalue weighted by Crippen LogP contribution is -2.24. The Balaban J connectivity index is 3.88. The third-order valence-corrected chi connectivity index (χ3v) is 6.54. The van der Waals surface area contributed by atoms with Crippen molar-refractivity contribution in [1.82, 2.24) is 0 Å². The van der Waals surface area contributed by atoms with Crippen molar-refractivity contribution < 1.29 is 0 Å². The summed E-state index contributed by atoms with van der Waals surface area (Å²) in [6, 6.07) is -2.67. The van der Waals surface area contributed by atoms with Gasteiger partial charge in [0.2, 0.25) is 0 Å². The standard InChI is InChI=1S/C2H4BCl5Si/c1-2(3(4)5)9(6,7)8/h2H,1H3. The maximum Gasteiger partial charge on any atom is 0.355 e. The van der Waals surface area contributed by atoms with E-state index in [9.17, 15) is 0 Å². The highest BCUT2D eigenvalue weighted by Crippen LogP contribution is 2.37. The van der Waals surface area contributed by atoms with E-state index in [2.05, 4.69) is 0 Å². The molecule has 0 saturated heterocycles. The predicted octanol–water partition coefficient (Wildman–Crippen LogP) is 3.54. The summed E-state index contributed by atoms with van der Waals surface area (Å²) in [5.41, 5.74) is -0.796. The molecule has 0 nitrogen and oxygen atoms in total. The van der Waals surface area contributed by atoms with Gasteiger partial charge >= 0.3 is 11.5 Å². The number of halogens is 5. The van der Waals surface area contributed by atoms with Crippen LogP contribution in [0.4, 0.5) is 0 Å². The second-order valence-electron chi connectivity index (χ2n) is 1.66. The SMILES string of the molecule is CC(B(Cl)Cl)[Si](Cl)(Cl)Cl. The Morgan fingerprint density at radius 3 is 1.56 bits per heavy atom. The molecule has 0 saturated carbocycles. The number of rotatable bonds is 2. The quantitative estimate of drug-likeness (QED) is 0.515. The summed E-state index contributed by atoms with van der Waals surface area (Å²) in [6.45, 7) is 1.73. The van der Waals surface area contributed by atoms with E-state index in [-0.39, 0.29) is 5.44 Å². The van der Waals surface area contributed by atoms with Crippen molar-refractivity contribution in [2.45, 2.75) is 12.4 Å². The molecule has 0 amide bonds. The first-order valence-electron chi connectivity index (χ1n) is 2.20. The van der Waals surface area contributed by atoms with Crippen molar-refractivity contribution in [3.8, 4) is 0 Å². The van der Waals surface area contributed by atoms with Gasteiger partial charge in [-0.15, -0.1) is 33.2 Å². The fraction of sp³-hybridized carbons (Fsp3) is 1.00. The second-order valence-corrected chi connectivity index (χ2v) is 11.9. The summed E-state index contributed by atoms with van der Waals surface area (Å²) in [6.07, 6.45) is 0. The number of hydrogen-bond acceptors (Lipinski definition) is 0. The first-order chi connectivity index (χ1) is 3.85. The molecule has 0 rings (SSSR count). The molecule has 0 heterocycles. The summed E-state index contributed by atoms with van der Waals surface area (Å²) in [4.78, 5) is 0. The van der Waals surface area contributed by atoms with Gasteiger partial charge in [-0.2, -0.15) is 22.9 Å². The zero-order valence-corrected chi connectivity index (χ0v) is 9.32. The molecule has 0 aromatic rings. The van der Waals surface area contributed by atoms with E-state index in [4.69, 9.17) is 56.2 Å². The molecule has 7 heteroatoms. The minimum atomic E-state index is -2.67. The second kappa shape index (κ2) is 3.94. The molecule has 1 unspecified atom stereocenters. The highest BCUT2D eigenvalue weighted by Gasteiger charge is 2.39. The van der Waals surface area contributed by atoms with Crippen LogP contribution < -0.4 is 0 Å². The normalized spacial score (nSPS) is 15.3. The van der Waals surface area contributed by atoms with Crippen LogP contribution in [0.3, 0.4) is 0 Å². The molecule has 0 aliphatic heterocycles. The van der Waals surface area contributed by atoms with Gasteiger partial charge in [0, 0.05) is 5.44 Å². The van der Waals surface area contributed by atoms with Crippen molar-refractivity contribution in [1.29, 1.82) is 0 Å². The molecule has 9 heavy (non-hydrogen) atoms. The molecule has 1 atom stereocenters. The molecule has 0 spiro atoms. The monoisotopic (exact) mass is 242 g/mol. The molecule has 0 radical (unpaired) electrons. The maximum atomic E-state index is 5.58. The molecular weight excluding hydrogens is 240 g/mol. The summed E-state index contributed by atoms with van der Waals surface area (Å²) in [5, 5.41) is 0. The van der Waals surface area contributed by atoms with Gasteiger partial charge in [0.1, 0.15) is 0 Å². The van der Waals surface area contributed by atoms with Crippen LogP contribution in [0.1, 0.15) is 6.92 Å². The molecule has 0 bridgehead atoms. The lowest BCUT2D eigenvalue weighted by molar-refractivity contribution is 1.33. The molecular formula is C2H4BCl5Si. The molecule has 0 aliphatic rings. The Hall–Kier alpha value is 1.73. The Morgan fingerprint density at radius 2 is 1.56 bits per heavy atom. The first-order valence-corrected chi connectivity index (χ1v) is 8.19. The van der Waals surface area contributed by atoms with Crippen molar-refractivity contribution in [3.63, 3.8) is 0 Å². The van der Waals surface area contributed by atoms with E-state index in [1.54, 1.807) is 6.92 Å². The summed E-state index contributed by atoms with van der Waals surface area (Å²) >= 11 is 27.7. The van der Waals surface area contributed by atoms with Crippen LogP contribution in [0.2, 0.25) is 5.44 Å². The average molecular weight is 244 g/mol. The molecule has 0 fully saturated rings. The van der Waals surface area contributed by atoms with Crippen LogP contribution in [0.5, 0.6) is 0 Å². The van der Waals surface area contributed by atoms with E-state index in [0.717, 1.165) is 0 Å². The van der Waals surface area contributed by atoms with Gasteiger partial charge in [0.05, 0.1) is 0 Å². The van der Waals surface area contributed by atoms with Crippen LogP contribution in [0.25, 0.3) is 0 Å². The Bertz CT molecular complexity index is 89.4. The van der Waals surface area contributed by atoms with Crippen molar-refractivity contribution in [2.75, 3.05) is 0 Å². The fourth-order valence-electron chi connectivity index (χ4n) is 0.143. The third kappa shape index (κ3) is 4.23. The van der Waals surface area contributed by atoms with Crippen molar-refractivity contribution >= 4 is 67.7 Å². The predicted molar refractivity (Wildman–Crippen MR) is 50.2 cm³/mol. The van der Waals surface area contributed by atoms with E-state index in [0.29, 0.717) is 0 Å². The van der Waals surface area contributed by atoms with Crippen LogP contribution in [-0.4, -0.2) is 11.5 Å². The minimum Gasteiger partial charge on any atom is -0.171 e. The van der Waals surface area contributed by atoms with Gasteiger partial charge in [-0.3, -0.25) is 0 Å². The van der Waals surface area contributed by atoms with Gasteiger partial charge in [0.15, 0.2) is 0 Å². The summed E-state index contributed by atoms with van der Waals surface area (Å²) in [7, 11) is 0.